The zero-order valence-electron chi connectivity index (χ0n) is 33.9. The summed E-state index contributed by atoms with van der Waals surface area (Å²) in [4.78, 5) is 5.02. The molecule has 0 amide bonds. The van der Waals surface area contributed by atoms with Gasteiger partial charge in [0.05, 0.1) is 27.2 Å². The first-order valence-electron chi connectivity index (χ1n) is 21.3. The second-order valence-electron chi connectivity index (χ2n) is 17.2. The van der Waals surface area contributed by atoms with Crippen LogP contribution in [0.2, 0.25) is 0 Å². The molecular weight excluding hydrogens is 757 g/mol. The Hall–Kier alpha value is -7.20. The van der Waals surface area contributed by atoms with Gasteiger partial charge in [0.15, 0.2) is 0 Å². The van der Waals surface area contributed by atoms with E-state index >= 15 is 0 Å². The smallest absolute Gasteiger partial charge is 0.0755 e. The number of anilines is 6. The molecule has 2 nitrogen and oxygen atoms in total. The van der Waals surface area contributed by atoms with Gasteiger partial charge in [0, 0.05) is 43.5 Å². The van der Waals surface area contributed by atoms with Gasteiger partial charge < -0.3 is 9.80 Å². The van der Waals surface area contributed by atoms with Crippen LogP contribution in [0, 0.1) is 0 Å². The van der Waals surface area contributed by atoms with Gasteiger partial charge in [-0.15, -0.1) is 11.3 Å². The number of benzene rings is 9. The molecule has 2 aliphatic carbocycles. The van der Waals surface area contributed by atoms with Crippen molar-refractivity contribution in [2.45, 2.75) is 24.7 Å². The summed E-state index contributed by atoms with van der Waals surface area (Å²) in [5.74, 6) is 0. The fourth-order valence-electron chi connectivity index (χ4n) is 11.3. The Labute approximate surface area is 360 Å². The molecule has 3 aliphatic rings. The molecule has 0 fully saturated rings. The van der Waals surface area contributed by atoms with Gasteiger partial charge in [0.25, 0.3) is 0 Å². The Balaban J connectivity index is 1.11. The first-order valence-corrected chi connectivity index (χ1v) is 22.1. The maximum absolute atomic E-state index is 2.55. The van der Waals surface area contributed by atoms with Crippen molar-refractivity contribution in [3.05, 3.63) is 240 Å². The van der Waals surface area contributed by atoms with Gasteiger partial charge in [-0.1, -0.05) is 159 Å². The van der Waals surface area contributed by atoms with Crippen molar-refractivity contribution < 1.29 is 0 Å². The van der Waals surface area contributed by atoms with E-state index in [9.17, 15) is 0 Å². The van der Waals surface area contributed by atoms with Crippen molar-refractivity contribution in [1.29, 1.82) is 0 Å². The third-order valence-electron chi connectivity index (χ3n) is 13.8. The normalized spacial score (nSPS) is 16.2. The van der Waals surface area contributed by atoms with Crippen molar-refractivity contribution in [3.8, 4) is 22.3 Å². The van der Waals surface area contributed by atoms with E-state index in [1.807, 2.05) is 11.3 Å². The van der Waals surface area contributed by atoms with Crippen LogP contribution in [-0.2, 0) is 10.8 Å². The molecule has 1 aromatic heterocycles. The fourth-order valence-corrected chi connectivity index (χ4v) is 12.5. The Morgan fingerprint density at radius 1 is 0.443 bits per heavy atom. The van der Waals surface area contributed by atoms with Gasteiger partial charge in [-0.2, -0.15) is 0 Å². The van der Waals surface area contributed by atoms with Crippen molar-refractivity contribution in [3.63, 3.8) is 0 Å². The van der Waals surface area contributed by atoms with Crippen LogP contribution in [-0.4, -0.2) is 0 Å². The largest absolute Gasteiger partial charge is 0.310 e. The standard InChI is InChI=1S/C58H40N2S/c1-57(2)47-25-11-9-21-41(47)42-33-31-39(35-49(42)57)59(53-29-16-24-46-44-22-10-14-30-54(44)61-56(46)53)40-32-34-43-45-23-15-28-52-55(45)58(50(43)36-40,37-17-5-3-6-18-37)48-26-12-13-27-51(48)60(52)38-19-7-4-8-20-38/h3-36H,1-2H3. The lowest BCUT2D eigenvalue weighted by Crippen LogP contribution is -2.36. The summed E-state index contributed by atoms with van der Waals surface area (Å²) in [6.45, 7) is 4.76. The molecule has 0 spiro atoms. The number of nitrogens with zero attached hydrogens (tertiary/aromatic N) is 2. The number of hydrogen-bond acceptors (Lipinski definition) is 3. The van der Waals surface area contributed by atoms with E-state index in [-0.39, 0.29) is 5.41 Å². The predicted molar refractivity (Wildman–Crippen MR) is 257 cm³/mol. The maximum atomic E-state index is 2.55. The van der Waals surface area contributed by atoms with Crippen LogP contribution in [0.1, 0.15) is 47.2 Å². The second-order valence-corrected chi connectivity index (χ2v) is 18.3. The molecule has 0 saturated carbocycles. The summed E-state index contributed by atoms with van der Waals surface area (Å²) in [5.41, 5.74) is 19.6. The summed E-state index contributed by atoms with van der Waals surface area (Å²) in [5, 5.41) is 2.59. The van der Waals surface area contributed by atoms with Crippen LogP contribution in [0.15, 0.2) is 206 Å². The number of para-hydroxylation sites is 2. The molecule has 0 radical (unpaired) electrons. The summed E-state index contributed by atoms with van der Waals surface area (Å²) < 4.78 is 2.59. The molecular formula is C58H40N2S. The molecule has 1 unspecified atom stereocenters. The molecule has 3 heteroatoms. The van der Waals surface area contributed by atoms with Crippen LogP contribution >= 0.6 is 11.3 Å². The second kappa shape index (κ2) is 12.7. The van der Waals surface area contributed by atoms with Crippen molar-refractivity contribution in [2.75, 3.05) is 9.80 Å². The zero-order valence-corrected chi connectivity index (χ0v) is 34.7. The number of thiophene rings is 1. The van der Waals surface area contributed by atoms with E-state index in [0.717, 1.165) is 17.1 Å². The summed E-state index contributed by atoms with van der Waals surface area (Å²) in [7, 11) is 0. The predicted octanol–water partition coefficient (Wildman–Crippen LogP) is 16.0. The van der Waals surface area contributed by atoms with Gasteiger partial charge in [0.2, 0.25) is 0 Å². The molecule has 2 heterocycles. The number of fused-ring (bicyclic) bond motifs is 11. The number of hydrogen-bond donors (Lipinski definition) is 0. The van der Waals surface area contributed by atoms with Crippen LogP contribution in [0.5, 0.6) is 0 Å². The highest BCUT2D eigenvalue weighted by Gasteiger charge is 2.52. The van der Waals surface area contributed by atoms with E-state index in [4.69, 9.17) is 0 Å². The minimum absolute atomic E-state index is 0.138. The van der Waals surface area contributed by atoms with Gasteiger partial charge in [0.1, 0.15) is 0 Å². The third-order valence-corrected chi connectivity index (χ3v) is 15.0. The minimum Gasteiger partial charge on any atom is -0.310 e. The molecule has 1 atom stereocenters. The Morgan fingerprint density at radius 2 is 1.03 bits per heavy atom. The Kier molecular flexibility index (Phi) is 7.19. The van der Waals surface area contributed by atoms with Crippen LogP contribution in [0.25, 0.3) is 42.4 Å². The molecule has 0 N–H and O–H groups in total. The Bertz CT molecular complexity index is 3420. The number of rotatable bonds is 5. The molecule has 61 heavy (non-hydrogen) atoms. The quantitative estimate of drug-likeness (QED) is 0.171. The molecule has 1 aliphatic heterocycles. The lowest BCUT2D eigenvalue weighted by Gasteiger charge is -2.44. The third kappa shape index (κ3) is 4.62. The first-order chi connectivity index (χ1) is 30.0. The van der Waals surface area contributed by atoms with Crippen LogP contribution < -0.4 is 9.80 Å². The molecule has 0 bridgehead atoms. The molecule has 13 rings (SSSR count). The average molecular weight is 797 g/mol. The lowest BCUT2D eigenvalue weighted by atomic mass is 9.65. The highest BCUT2D eigenvalue weighted by atomic mass is 32.1. The minimum atomic E-state index is -0.558. The van der Waals surface area contributed by atoms with Gasteiger partial charge >= 0.3 is 0 Å². The van der Waals surface area contributed by atoms with E-state index in [0.29, 0.717) is 0 Å². The maximum Gasteiger partial charge on any atom is 0.0755 e. The van der Waals surface area contributed by atoms with Crippen LogP contribution in [0.3, 0.4) is 0 Å². The summed E-state index contributed by atoms with van der Waals surface area (Å²) in [6, 6.07) is 77.3. The monoisotopic (exact) mass is 796 g/mol. The van der Waals surface area contributed by atoms with E-state index < -0.39 is 5.41 Å². The van der Waals surface area contributed by atoms with Gasteiger partial charge in [-0.05, 0) is 111 Å². The summed E-state index contributed by atoms with van der Waals surface area (Å²) in [6.07, 6.45) is 0. The van der Waals surface area contributed by atoms with Crippen molar-refractivity contribution in [1.82, 2.24) is 0 Å². The van der Waals surface area contributed by atoms with Gasteiger partial charge in [-0.25, -0.2) is 0 Å². The van der Waals surface area contributed by atoms with E-state index in [2.05, 4.69) is 230 Å². The van der Waals surface area contributed by atoms with E-state index in [1.165, 1.54) is 92.9 Å². The molecule has 288 valence electrons. The van der Waals surface area contributed by atoms with Crippen molar-refractivity contribution in [2.24, 2.45) is 0 Å². The van der Waals surface area contributed by atoms with Crippen LogP contribution in [0.4, 0.5) is 34.1 Å². The lowest BCUT2D eigenvalue weighted by molar-refractivity contribution is 0.660. The van der Waals surface area contributed by atoms with Gasteiger partial charge in [-0.3, -0.25) is 0 Å². The zero-order chi connectivity index (χ0) is 40.5. The first kappa shape index (κ1) is 34.6. The molecule has 0 saturated heterocycles. The molecule has 9 aromatic carbocycles. The molecule has 10 aromatic rings. The highest BCUT2D eigenvalue weighted by Crippen LogP contribution is 2.65. The topological polar surface area (TPSA) is 6.48 Å². The summed E-state index contributed by atoms with van der Waals surface area (Å²) >= 11 is 1.89. The van der Waals surface area contributed by atoms with E-state index in [1.54, 1.807) is 0 Å². The average Bonchev–Trinajstić information content (AvgIpc) is 3.92. The fraction of sp³-hybridized carbons (Fsp3) is 0.0690. The highest BCUT2D eigenvalue weighted by molar-refractivity contribution is 7.26. The SMILES string of the molecule is CC1(C)c2ccccc2-c2ccc(N(c3ccc4c(c3)C3(c5ccccc5)c5ccccc5N(c5ccccc5)c5cccc-4c53)c3cccc4c3sc3ccccc34)cc21. The Morgan fingerprint density at radius 3 is 1.85 bits per heavy atom. The van der Waals surface area contributed by atoms with Crippen molar-refractivity contribution >= 4 is 65.6 Å².